The van der Waals surface area contributed by atoms with Crippen LogP contribution in [0.5, 0.6) is 0 Å². The van der Waals surface area contributed by atoms with Crippen molar-refractivity contribution in [3.63, 3.8) is 0 Å². The molecule has 1 atom stereocenters. The van der Waals surface area contributed by atoms with Gasteiger partial charge in [0.15, 0.2) is 0 Å². The van der Waals surface area contributed by atoms with Gasteiger partial charge in [-0.25, -0.2) is 0 Å². The molecule has 1 heterocycles. The summed E-state index contributed by atoms with van der Waals surface area (Å²) in [5.74, 6) is 0.475. The van der Waals surface area contributed by atoms with Gasteiger partial charge >= 0.3 is 0 Å². The van der Waals surface area contributed by atoms with E-state index in [-0.39, 0.29) is 5.91 Å². The van der Waals surface area contributed by atoms with Gasteiger partial charge in [-0.2, -0.15) is 5.26 Å². The Balaban J connectivity index is 1.88. The Morgan fingerprint density at radius 2 is 2.14 bits per heavy atom. The van der Waals surface area contributed by atoms with Gasteiger partial charge in [-0.05, 0) is 55.0 Å². The van der Waals surface area contributed by atoms with Crippen molar-refractivity contribution < 1.29 is 4.79 Å². The fourth-order valence-corrected chi connectivity index (χ4v) is 4.35. The maximum Gasteiger partial charge on any atom is 0.256 e. The van der Waals surface area contributed by atoms with Crippen LogP contribution >= 0.6 is 27.3 Å². The predicted molar refractivity (Wildman–Crippen MR) is 92.3 cm³/mol. The lowest BCUT2D eigenvalue weighted by molar-refractivity contribution is 0.102. The molecule has 0 spiro atoms. The van der Waals surface area contributed by atoms with Gasteiger partial charge in [0.2, 0.25) is 0 Å². The van der Waals surface area contributed by atoms with Gasteiger partial charge in [-0.15, -0.1) is 11.3 Å². The quantitative estimate of drug-likeness (QED) is 0.823. The number of fused-ring (bicyclic) bond motifs is 1. The molecule has 1 aromatic heterocycles. The van der Waals surface area contributed by atoms with E-state index in [0.29, 0.717) is 22.0 Å². The smallest absolute Gasteiger partial charge is 0.256 e. The van der Waals surface area contributed by atoms with Crippen molar-refractivity contribution in [2.75, 3.05) is 5.32 Å². The maximum absolute atomic E-state index is 12.3. The second-order valence-electron chi connectivity index (χ2n) is 5.63. The summed E-state index contributed by atoms with van der Waals surface area (Å²) in [6.45, 7) is 2.23. The SMILES string of the molecule is CC1CCc2c(sc(NC(=O)c3ccc(Br)cc3)c2C#N)C1. The molecule has 1 aromatic carbocycles. The Morgan fingerprint density at radius 3 is 2.82 bits per heavy atom. The second kappa shape index (κ2) is 6.23. The van der Waals surface area contributed by atoms with Gasteiger partial charge in [0, 0.05) is 14.9 Å². The molecule has 0 aliphatic heterocycles. The zero-order valence-corrected chi connectivity index (χ0v) is 14.6. The minimum Gasteiger partial charge on any atom is -0.312 e. The number of thiophene rings is 1. The predicted octanol–water partition coefficient (Wildman–Crippen LogP) is 4.76. The molecule has 1 amide bonds. The molecule has 3 nitrogen and oxygen atoms in total. The molecule has 1 N–H and O–H groups in total. The molecule has 1 unspecified atom stereocenters. The molecule has 5 heteroatoms. The molecule has 1 aliphatic carbocycles. The normalized spacial score (nSPS) is 16.7. The number of rotatable bonds is 2. The molecular weight excluding hydrogens is 360 g/mol. The number of nitriles is 1. The molecule has 1 aliphatic rings. The summed E-state index contributed by atoms with van der Waals surface area (Å²) in [6.07, 6.45) is 3.05. The summed E-state index contributed by atoms with van der Waals surface area (Å²) in [5.41, 5.74) is 2.38. The van der Waals surface area contributed by atoms with Crippen LogP contribution in [0.2, 0.25) is 0 Å². The highest BCUT2D eigenvalue weighted by atomic mass is 79.9. The fourth-order valence-electron chi connectivity index (χ4n) is 2.73. The molecular formula is C17H15BrN2OS. The highest BCUT2D eigenvalue weighted by molar-refractivity contribution is 9.10. The van der Waals surface area contributed by atoms with Crippen molar-refractivity contribution in [1.29, 1.82) is 5.26 Å². The molecule has 112 valence electrons. The van der Waals surface area contributed by atoms with Crippen molar-refractivity contribution in [3.05, 3.63) is 50.3 Å². The number of hydrogen-bond acceptors (Lipinski definition) is 3. The Morgan fingerprint density at radius 1 is 1.41 bits per heavy atom. The first-order chi connectivity index (χ1) is 10.6. The van der Waals surface area contributed by atoms with Gasteiger partial charge < -0.3 is 5.32 Å². The van der Waals surface area contributed by atoms with Crippen LogP contribution < -0.4 is 5.32 Å². The number of hydrogen-bond donors (Lipinski definition) is 1. The lowest BCUT2D eigenvalue weighted by Gasteiger charge is -2.17. The first-order valence-corrected chi connectivity index (χ1v) is 8.81. The second-order valence-corrected chi connectivity index (χ2v) is 7.65. The first-order valence-electron chi connectivity index (χ1n) is 7.20. The van der Waals surface area contributed by atoms with E-state index in [1.165, 1.54) is 4.88 Å². The molecule has 0 saturated heterocycles. The third-order valence-corrected chi connectivity index (χ3v) is 5.66. The Hall–Kier alpha value is -1.64. The van der Waals surface area contributed by atoms with Crippen LogP contribution in [0.3, 0.4) is 0 Å². The summed E-state index contributed by atoms with van der Waals surface area (Å²) < 4.78 is 0.933. The molecule has 0 fully saturated rings. The number of anilines is 1. The number of halogens is 1. The highest BCUT2D eigenvalue weighted by Crippen LogP contribution is 2.39. The number of amides is 1. The number of carbonyl (C=O) groups is 1. The zero-order chi connectivity index (χ0) is 15.7. The van der Waals surface area contributed by atoms with Crippen LogP contribution in [0.4, 0.5) is 5.00 Å². The van der Waals surface area contributed by atoms with Gasteiger partial charge in [0.25, 0.3) is 5.91 Å². The van der Waals surface area contributed by atoms with E-state index in [1.807, 2.05) is 12.1 Å². The van der Waals surface area contributed by atoms with Crippen LogP contribution in [0.1, 0.15) is 39.7 Å². The van der Waals surface area contributed by atoms with E-state index in [9.17, 15) is 10.1 Å². The first kappa shape index (κ1) is 15.3. The summed E-state index contributed by atoms with van der Waals surface area (Å²) >= 11 is 4.91. The average Bonchev–Trinajstić information content (AvgIpc) is 2.83. The molecule has 0 saturated carbocycles. The number of nitrogens with zero attached hydrogens (tertiary/aromatic N) is 1. The number of benzene rings is 1. The Kier molecular flexibility index (Phi) is 4.32. The van der Waals surface area contributed by atoms with E-state index in [4.69, 9.17) is 0 Å². The van der Waals surface area contributed by atoms with E-state index < -0.39 is 0 Å². The standard InChI is InChI=1S/C17H15BrN2OS/c1-10-2-7-13-14(9-19)17(22-15(13)8-10)20-16(21)11-3-5-12(18)6-4-11/h3-6,10H,2,7-8H2,1H3,(H,20,21). The van der Waals surface area contributed by atoms with Gasteiger partial charge in [0.1, 0.15) is 11.1 Å². The van der Waals surface area contributed by atoms with Crippen LogP contribution in [0, 0.1) is 17.2 Å². The summed E-state index contributed by atoms with van der Waals surface area (Å²) in [7, 11) is 0. The lowest BCUT2D eigenvalue weighted by Crippen LogP contribution is -2.12. The molecule has 2 aromatic rings. The minimum absolute atomic E-state index is 0.171. The van der Waals surface area contributed by atoms with E-state index in [0.717, 1.165) is 29.3 Å². The summed E-state index contributed by atoms with van der Waals surface area (Å²) in [6, 6.07) is 9.47. The van der Waals surface area contributed by atoms with Crippen LogP contribution in [0.25, 0.3) is 0 Å². The topological polar surface area (TPSA) is 52.9 Å². The largest absolute Gasteiger partial charge is 0.312 e. The van der Waals surface area contributed by atoms with Gasteiger partial charge in [-0.1, -0.05) is 22.9 Å². The van der Waals surface area contributed by atoms with Crippen molar-refractivity contribution >= 4 is 38.2 Å². The van der Waals surface area contributed by atoms with Gasteiger partial charge in [0.05, 0.1) is 5.56 Å². The van der Waals surface area contributed by atoms with Crippen molar-refractivity contribution in [1.82, 2.24) is 0 Å². The lowest BCUT2D eigenvalue weighted by atomic mass is 9.88. The monoisotopic (exact) mass is 374 g/mol. The van der Waals surface area contributed by atoms with Crippen molar-refractivity contribution in [3.8, 4) is 6.07 Å². The third kappa shape index (κ3) is 2.94. The van der Waals surface area contributed by atoms with Crippen LogP contribution in [-0.4, -0.2) is 5.91 Å². The minimum atomic E-state index is -0.171. The Bertz CT molecular complexity index is 758. The zero-order valence-electron chi connectivity index (χ0n) is 12.1. The molecule has 3 rings (SSSR count). The molecule has 0 bridgehead atoms. The molecule has 22 heavy (non-hydrogen) atoms. The Labute approximate surface area is 142 Å². The number of nitrogens with one attached hydrogen (secondary N) is 1. The highest BCUT2D eigenvalue weighted by Gasteiger charge is 2.24. The third-order valence-electron chi connectivity index (χ3n) is 3.96. The van der Waals surface area contributed by atoms with Crippen molar-refractivity contribution in [2.24, 2.45) is 5.92 Å². The number of carbonyl (C=O) groups excluding carboxylic acids is 1. The van der Waals surface area contributed by atoms with Crippen LogP contribution in [0.15, 0.2) is 28.7 Å². The van der Waals surface area contributed by atoms with E-state index in [1.54, 1.807) is 23.5 Å². The van der Waals surface area contributed by atoms with Gasteiger partial charge in [-0.3, -0.25) is 4.79 Å². The average molecular weight is 375 g/mol. The fraction of sp³-hybridized carbons (Fsp3) is 0.294. The van der Waals surface area contributed by atoms with E-state index in [2.05, 4.69) is 34.2 Å². The summed E-state index contributed by atoms with van der Waals surface area (Å²) in [5, 5.41) is 13.0. The van der Waals surface area contributed by atoms with E-state index >= 15 is 0 Å². The summed E-state index contributed by atoms with van der Waals surface area (Å²) in [4.78, 5) is 13.6. The van der Waals surface area contributed by atoms with Crippen LogP contribution in [-0.2, 0) is 12.8 Å². The van der Waals surface area contributed by atoms with Crippen molar-refractivity contribution in [2.45, 2.75) is 26.2 Å². The maximum atomic E-state index is 12.3. The molecule has 0 radical (unpaired) electrons.